The fraction of sp³-hybridized carbons (Fsp3) is 0.125. The molecule has 68 valence electrons. The predicted molar refractivity (Wildman–Crippen MR) is 52.2 cm³/mol. The third-order valence-corrected chi connectivity index (χ3v) is 0.510. The standard InChI is InChI=1S/C6H8O2.C2H2Cl2/c1-3-5-8-6(7)4-2;1-2(3)4/h3-4H,1-2,5H2;1H2. The van der Waals surface area contributed by atoms with Crippen molar-refractivity contribution in [2.24, 2.45) is 0 Å². The number of halogens is 2. The highest BCUT2D eigenvalue weighted by Gasteiger charge is 1.87. The summed E-state index contributed by atoms with van der Waals surface area (Å²) < 4.78 is 4.58. The minimum absolute atomic E-state index is 0.111. The van der Waals surface area contributed by atoms with Crippen molar-refractivity contribution in [3.63, 3.8) is 0 Å². The molecule has 0 radical (unpaired) electrons. The van der Waals surface area contributed by atoms with Gasteiger partial charge in [-0.25, -0.2) is 4.79 Å². The molecule has 0 saturated heterocycles. The number of rotatable bonds is 3. The predicted octanol–water partition coefficient (Wildman–Crippen LogP) is 2.84. The molecule has 0 heterocycles. The van der Waals surface area contributed by atoms with Gasteiger partial charge in [-0.05, 0) is 0 Å². The monoisotopic (exact) mass is 208 g/mol. The average Bonchev–Trinajstić information content (AvgIpc) is 1.99. The Morgan fingerprint density at radius 1 is 1.42 bits per heavy atom. The van der Waals surface area contributed by atoms with E-state index in [2.05, 4.69) is 24.5 Å². The molecule has 0 spiro atoms. The van der Waals surface area contributed by atoms with E-state index in [1.165, 1.54) is 6.08 Å². The summed E-state index contributed by atoms with van der Waals surface area (Å²) in [6.07, 6.45) is 2.62. The van der Waals surface area contributed by atoms with E-state index in [4.69, 9.17) is 23.2 Å². The number of ether oxygens (including phenoxy) is 1. The van der Waals surface area contributed by atoms with Crippen molar-refractivity contribution in [3.05, 3.63) is 36.4 Å². The Bertz CT molecular complexity index is 172. The fourth-order valence-corrected chi connectivity index (χ4v) is 0.200. The molecule has 0 rings (SSSR count). The molecule has 0 aromatic heterocycles. The van der Waals surface area contributed by atoms with E-state index in [-0.39, 0.29) is 11.1 Å². The zero-order valence-electron chi connectivity index (χ0n) is 6.56. The molecule has 0 aliphatic carbocycles. The molecule has 0 aliphatic heterocycles. The molecule has 0 saturated carbocycles. The number of esters is 1. The van der Waals surface area contributed by atoms with Crippen LogP contribution < -0.4 is 0 Å². The molecule has 0 bridgehead atoms. The molecule has 0 fully saturated rings. The number of carbonyl (C=O) groups is 1. The molecule has 0 amide bonds. The largest absolute Gasteiger partial charge is 0.458 e. The smallest absolute Gasteiger partial charge is 0.330 e. The van der Waals surface area contributed by atoms with Gasteiger partial charge in [0.1, 0.15) is 6.61 Å². The normalized spacial score (nSPS) is 7.17. The first kappa shape index (κ1) is 13.8. The summed E-state index contributed by atoms with van der Waals surface area (Å²) in [5.74, 6) is -0.412. The Balaban J connectivity index is 0. The Morgan fingerprint density at radius 2 is 1.83 bits per heavy atom. The maximum absolute atomic E-state index is 10.2. The SMILES string of the molecule is C=C(Cl)Cl.C=CCOC(=O)C=C. The minimum Gasteiger partial charge on any atom is -0.458 e. The molecule has 0 aromatic rings. The highest BCUT2D eigenvalue weighted by molar-refractivity contribution is 6.55. The molecule has 2 nitrogen and oxygen atoms in total. The van der Waals surface area contributed by atoms with Gasteiger partial charge >= 0.3 is 5.97 Å². The average molecular weight is 209 g/mol. The van der Waals surface area contributed by atoms with Crippen molar-refractivity contribution in [3.8, 4) is 0 Å². The summed E-state index contributed by atoms with van der Waals surface area (Å²) in [6, 6.07) is 0. The highest BCUT2D eigenvalue weighted by atomic mass is 35.5. The van der Waals surface area contributed by atoms with E-state index >= 15 is 0 Å². The lowest BCUT2D eigenvalue weighted by molar-refractivity contribution is -0.136. The molecule has 0 N–H and O–H groups in total. The van der Waals surface area contributed by atoms with Gasteiger partial charge in [0.05, 0.1) is 4.49 Å². The van der Waals surface area contributed by atoms with Gasteiger partial charge in [0.2, 0.25) is 0 Å². The zero-order chi connectivity index (χ0) is 9.98. The molecule has 0 aromatic carbocycles. The fourth-order valence-electron chi connectivity index (χ4n) is 0.200. The van der Waals surface area contributed by atoms with Gasteiger partial charge in [0.25, 0.3) is 0 Å². The highest BCUT2D eigenvalue weighted by Crippen LogP contribution is 1.98. The van der Waals surface area contributed by atoms with Crippen LogP contribution in [-0.2, 0) is 9.53 Å². The van der Waals surface area contributed by atoms with Crippen LogP contribution in [0.4, 0.5) is 0 Å². The lowest BCUT2D eigenvalue weighted by atomic mass is 10.6. The summed E-state index contributed by atoms with van der Waals surface area (Å²) >= 11 is 9.69. The molecule has 0 unspecified atom stereocenters. The Kier molecular flexibility index (Phi) is 11.8. The molecular formula is C8H10Cl2O2. The van der Waals surface area contributed by atoms with E-state index in [0.29, 0.717) is 0 Å². The van der Waals surface area contributed by atoms with Crippen molar-refractivity contribution in [1.29, 1.82) is 0 Å². The van der Waals surface area contributed by atoms with E-state index < -0.39 is 5.97 Å². The second-order valence-corrected chi connectivity index (χ2v) is 2.57. The van der Waals surface area contributed by atoms with Crippen LogP contribution in [-0.4, -0.2) is 12.6 Å². The van der Waals surface area contributed by atoms with Crippen LogP contribution in [0.25, 0.3) is 0 Å². The maximum Gasteiger partial charge on any atom is 0.330 e. The van der Waals surface area contributed by atoms with Gasteiger partial charge in [0.15, 0.2) is 0 Å². The van der Waals surface area contributed by atoms with Crippen LogP contribution >= 0.6 is 23.2 Å². The Labute approximate surface area is 82.1 Å². The van der Waals surface area contributed by atoms with Crippen molar-refractivity contribution in [2.45, 2.75) is 0 Å². The summed E-state index contributed by atoms with van der Waals surface area (Å²) in [5, 5.41) is 0. The lowest BCUT2D eigenvalue weighted by Crippen LogP contribution is -1.98. The summed E-state index contributed by atoms with van der Waals surface area (Å²) in [4.78, 5) is 10.2. The minimum atomic E-state index is -0.412. The van der Waals surface area contributed by atoms with Gasteiger partial charge < -0.3 is 4.74 Å². The molecular weight excluding hydrogens is 199 g/mol. The van der Waals surface area contributed by atoms with Gasteiger partial charge in [0, 0.05) is 6.08 Å². The van der Waals surface area contributed by atoms with Gasteiger partial charge in [-0.3, -0.25) is 0 Å². The second-order valence-electron chi connectivity index (χ2n) is 1.46. The van der Waals surface area contributed by atoms with E-state index in [1.807, 2.05) is 0 Å². The van der Waals surface area contributed by atoms with Crippen LogP contribution in [0.2, 0.25) is 0 Å². The summed E-state index contributed by atoms with van der Waals surface area (Å²) in [6.45, 7) is 9.90. The lowest BCUT2D eigenvalue weighted by Gasteiger charge is -1.92. The molecule has 4 heteroatoms. The van der Waals surface area contributed by atoms with Crippen LogP contribution in [0.15, 0.2) is 36.4 Å². The van der Waals surface area contributed by atoms with Crippen molar-refractivity contribution in [2.75, 3.05) is 6.61 Å². The first-order valence-corrected chi connectivity index (χ1v) is 3.70. The van der Waals surface area contributed by atoms with Gasteiger partial charge in [-0.15, -0.1) is 0 Å². The summed E-state index contributed by atoms with van der Waals surface area (Å²) in [7, 11) is 0. The van der Waals surface area contributed by atoms with Crippen molar-refractivity contribution < 1.29 is 9.53 Å². The van der Waals surface area contributed by atoms with Crippen LogP contribution in [0.1, 0.15) is 0 Å². The quantitative estimate of drug-likeness (QED) is 0.405. The van der Waals surface area contributed by atoms with Crippen LogP contribution in [0, 0.1) is 0 Å². The van der Waals surface area contributed by atoms with Crippen molar-refractivity contribution >= 4 is 29.2 Å². The maximum atomic E-state index is 10.2. The van der Waals surface area contributed by atoms with Crippen molar-refractivity contribution in [1.82, 2.24) is 0 Å². The van der Waals surface area contributed by atoms with Crippen LogP contribution in [0.5, 0.6) is 0 Å². The third kappa shape index (κ3) is 22.8. The number of hydrogen-bond donors (Lipinski definition) is 0. The van der Waals surface area contributed by atoms with E-state index in [1.54, 1.807) is 0 Å². The number of carbonyl (C=O) groups excluding carboxylic acids is 1. The van der Waals surface area contributed by atoms with E-state index in [0.717, 1.165) is 6.08 Å². The Hall–Kier alpha value is -0.730. The Morgan fingerprint density at radius 3 is 2.08 bits per heavy atom. The molecule has 0 aliphatic rings. The topological polar surface area (TPSA) is 26.3 Å². The molecule has 12 heavy (non-hydrogen) atoms. The first-order chi connectivity index (χ1) is 5.54. The van der Waals surface area contributed by atoms with Gasteiger partial charge in [-0.2, -0.15) is 0 Å². The molecule has 0 atom stereocenters. The van der Waals surface area contributed by atoms with Crippen LogP contribution in [0.3, 0.4) is 0 Å². The second kappa shape index (κ2) is 10.3. The first-order valence-electron chi connectivity index (χ1n) is 2.94. The zero-order valence-corrected chi connectivity index (χ0v) is 8.07. The number of hydrogen-bond acceptors (Lipinski definition) is 2. The third-order valence-electron chi connectivity index (χ3n) is 0.510. The van der Waals surface area contributed by atoms with Gasteiger partial charge in [-0.1, -0.05) is 49.0 Å². The summed E-state index contributed by atoms with van der Waals surface area (Å²) in [5.41, 5.74) is 0. The van der Waals surface area contributed by atoms with E-state index in [9.17, 15) is 4.79 Å².